The number of aliphatic imine (C=N–C) groups is 1. The smallest absolute Gasteiger partial charge is 0.191 e. The Labute approximate surface area is 159 Å². The van der Waals surface area contributed by atoms with E-state index in [9.17, 15) is 0 Å². The van der Waals surface area contributed by atoms with Gasteiger partial charge in [-0.1, -0.05) is 23.7 Å². The summed E-state index contributed by atoms with van der Waals surface area (Å²) in [6.45, 7) is 3.92. The number of nitrogens with zero attached hydrogens (tertiary/aromatic N) is 1. The normalized spacial score (nSPS) is 19.0. The molecule has 2 unspecified atom stereocenters. The highest BCUT2D eigenvalue weighted by atomic mass is 35.5. The highest BCUT2D eigenvalue weighted by molar-refractivity contribution is 7.98. The number of halogens is 1. The number of guanidine groups is 1. The number of hydrogen-bond donors (Lipinski definition) is 2. The summed E-state index contributed by atoms with van der Waals surface area (Å²) in [6.07, 6.45) is 4.33. The van der Waals surface area contributed by atoms with E-state index in [0.717, 1.165) is 56.7 Å². The quantitative estimate of drug-likeness (QED) is 0.388. The molecule has 2 rings (SSSR count). The average Bonchev–Trinajstić information content (AvgIpc) is 3.13. The van der Waals surface area contributed by atoms with Crippen molar-refractivity contribution in [1.82, 2.24) is 10.6 Å². The van der Waals surface area contributed by atoms with Gasteiger partial charge in [-0.15, -0.1) is 0 Å². The van der Waals surface area contributed by atoms with Gasteiger partial charge < -0.3 is 20.1 Å². The van der Waals surface area contributed by atoms with Gasteiger partial charge in [-0.2, -0.15) is 11.8 Å². The van der Waals surface area contributed by atoms with E-state index in [0.29, 0.717) is 5.25 Å². The molecule has 0 amide bonds. The summed E-state index contributed by atoms with van der Waals surface area (Å²) in [7, 11) is 1.79. The van der Waals surface area contributed by atoms with Crippen LogP contribution < -0.4 is 10.6 Å². The van der Waals surface area contributed by atoms with Crippen molar-refractivity contribution in [1.29, 1.82) is 0 Å². The molecule has 7 heteroatoms. The van der Waals surface area contributed by atoms with Gasteiger partial charge in [0.2, 0.25) is 0 Å². The molecule has 140 valence electrons. The number of hydrogen-bond acceptors (Lipinski definition) is 4. The van der Waals surface area contributed by atoms with Gasteiger partial charge in [0.1, 0.15) is 0 Å². The lowest BCUT2D eigenvalue weighted by molar-refractivity contribution is 0.0420. The van der Waals surface area contributed by atoms with Crippen molar-refractivity contribution in [3.8, 4) is 0 Å². The molecule has 0 bridgehead atoms. The standard InChI is InChI=1S/C18H28ClN3O2S/c1-20-18(21-8-4-9-24-16-7-10-23-13-16)22-12-17(25-2)14-5-3-6-15(19)11-14/h3,5-6,11,16-17H,4,7-10,12-13H2,1-2H3,(H2,20,21,22). The topological polar surface area (TPSA) is 54.9 Å². The summed E-state index contributed by atoms with van der Waals surface area (Å²) in [5.41, 5.74) is 1.22. The molecule has 0 radical (unpaired) electrons. The molecular formula is C18H28ClN3O2S. The van der Waals surface area contributed by atoms with Crippen LogP contribution >= 0.6 is 23.4 Å². The Balaban J connectivity index is 1.66. The highest BCUT2D eigenvalue weighted by Gasteiger charge is 2.15. The minimum Gasteiger partial charge on any atom is -0.379 e. The second kappa shape index (κ2) is 11.6. The second-order valence-corrected chi connectivity index (χ2v) is 7.35. The Morgan fingerprint density at radius 1 is 1.48 bits per heavy atom. The van der Waals surface area contributed by atoms with Crippen LogP contribution in [-0.2, 0) is 9.47 Å². The lowest BCUT2D eigenvalue weighted by Crippen LogP contribution is -2.39. The van der Waals surface area contributed by atoms with Crippen molar-refractivity contribution >= 4 is 29.3 Å². The van der Waals surface area contributed by atoms with Crippen LogP contribution in [0, 0.1) is 0 Å². The number of benzene rings is 1. The second-order valence-electron chi connectivity index (χ2n) is 5.87. The Morgan fingerprint density at radius 2 is 2.36 bits per heavy atom. The van der Waals surface area contributed by atoms with Gasteiger partial charge in [0.05, 0.1) is 12.7 Å². The lowest BCUT2D eigenvalue weighted by Gasteiger charge is -2.18. The van der Waals surface area contributed by atoms with Gasteiger partial charge in [0.25, 0.3) is 0 Å². The van der Waals surface area contributed by atoms with Crippen LogP contribution in [0.4, 0.5) is 0 Å². The third kappa shape index (κ3) is 7.44. The van der Waals surface area contributed by atoms with Crippen molar-refractivity contribution in [3.63, 3.8) is 0 Å². The Bertz CT molecular complexity index is 539. The third-order valence-electron chi connectivity index (χ3n) is 4.04. The van der Waals surface area contributed by atoms with E-state index >= 15 is 0 Å². The molecular weight excluding hydrogens is 358 g/mol. The van der Waals surface area contributed by atoms with E-state index in [4.69, 9.17) is 21.1 Å². The Hall–Kier alpha value is -0.950. The molecule has 0 spiro atoms. The zero-order valence-electron chi connectivity index (χ0n) is 15.0. The molecule has 5 nitrogen and oxygen atoms in total. The largest absolute Gasteiger partial charge is 0.379 e. The number of rotatable bonds is 9. The molecule has 0 aliphatic carbocycles. The summed E-state index contributed by atoms with van der Waals surface area (Å²) < 4.78 is 11.1. The van der Waals surface area contributed by atoms with E-state index in [1.165, 1.54) is 5.56 Å². The molecule has 1 aliphatic rings. The molecule has 1 heterocycles. The monoisotopic (exact) mass is 385 g/mol. The van der Waals surface area contributed by atoms with Crippen LogP contribution in [0.5, 0.6) is 0 Å². The summed E-state index contributed by atoms with van der Waals surface area (Å²) in [5, 5.41) is 7.81. The SMILES string of the molecule is CN=C(NCCCOC1CCOC1)NCC(SC)c1cccc(Cl)c1. The summed E-state index contributed by atoms with van der Waals surface area (Å²) in [4.78, 5) is 4.28. The van der Waals surface area contributed by atoms with E-state index in [1.54, 1.807) is 18.8 Å². The number of thioether (sulfide) groups is 1. The molecule has 1 aromatic rings. The first-order valence-electron chi connectivity index (χ1n) is 8.65. The first-order chi connectivity index (χ1) is 12.2. The van der Waals surface area contributed by atoms with E-state index < -0.39 is 0 Å². The van der Waals surface area contributed by atoms with Gasteiger partial charge >= 0.3 is 0 Å². The fourth-order valence-corrected chi connectivity index (χ4v) is 3.49. The van der Waals surface area contributed by atoms with Crippen molar-refractivity contribution in [2.24, 2.45) is 4.99 Å². The van der Waals surface area contributed by atoms with Crippen LogP contribution in [-0.4, -0.2) is 58.3 Å². The first kappa shape index (κ1) is 20.4. The molecule has 1 fully saturated rings. The van der Waals surface area contributed by atoms with Crippen LogP contribution in [0.25, 0.3) is 0 Å². The van der Waals surface area contributed by atoms with Crippen LogP contribution in [0.2, 0.25) is 5.02 Å². The summed E-state index contributed by atoms with van der Waals surface area (Å²) in [6, 6.07) is 8.01. The molecule has 2 atom stereocenters. The Kier molecular flexibility index (Phi) is 9.47. The molecule has 2 N–H and O–H groups in total. The Morgan fingerprint density at radius 3 is 3.04 bits per heavy atom. The van der Waals surface area contributed by atoms with Crippen molar-refractivity contribution in [2.45, 2.75) is 24.2 Å². The molecule has 0 aromatic heterocycles. The predicted octanol–water partition coefficient (Wildman–Crippen LogP) is 3.10. The lowest BCUT2D eigenvalue weighted by atomic mass is 10.1. The van der Waals surface area contributed by atoms with Crippen LogP contribution in [0.15, 0.2) is 29.3 Å². The fourth-order valence-electron chi connectivity index (χ4n) is 2.63. The number of ether oxygens (including phenoxy) is 2. The highest BCUT2D eigenvalue weighted by Crippen LogP contribution is 2.27. The maximum atomic E-state index is 6.10. The van der Waals surface area contributed by atoms with Crippen LogP contribution in [0.1, 0.15) is 23.7 Å². The number of nitrogens with one attached hydrogen (secondary N) is 2. The van der Waals surface area contributed by atoms with E-state index in [1.807, 2.05) is 18.2 Å². The molecule has 1 saturated heterocycles. The van der Waals surface area contributed by atoms with Crippen molar-refractivity contribution in [2.75, 3.05) is 46.2 Å². The maximum Gasteiger partial charge on any atom is 0.191 e. The minimum atomic E-state index is 0.275. The molecule has 0 saturated carbocycles. The summed E-state index contributed by atoms with van der Waals surface area (Å²) >= 11 is 7.89. The van der Waals surface area contributed by atoms with Gasteiger partial charge in [-0.3, -0.25) is 4.99 Å². The fraction of sp³-hybridized carbons (Fsp3) is 0.611. The predicted molar refractivity (Wildman–Crippen MR) is 107 cm³/mol. The zero-order valence-corrected chi connectivity index (χ0v) is 16.5. The zero-order chi connectivity index (χ0) is 17.9. The van der Waals surface area contributed by atoms with Crippen molar-refractivity contribution < 1.29 is 9.47 Å². The average molecular weight is 386 g/mol. The third-order valence-corrected chi connectivity index (χ3v) is 5.28. The minimum absolute atomic E-state index is 0.275. The van der Waals surface area contributed by atoms with Crippen molar-refractivity contribution in [3.05, 3.63) is 34.9 Å². The van der Waals surface area contributed by atoms with Gasteiger partial charge in [0.15, 0.2) is 5.96 Å². The van der Waals surface area contributed by atoms with Gasteiger partial charge in [-0.25, -0.2) is 0 Å². The maximum absolute atomic E-state index is 6.10. The van der Waals surface area contributed by atoms with Crippen LogP contribution in [0.3, 0.4) is 0 Å². The van der Waals surface area contributed by atoms with Gasteiger partial charge in [-0.05, 0) is 36.8 Å². The summed E-state index contributed by atoms with van der Waals surface area (Å²) in [5.74, 6) is 0.810. The van der Waals surface area contributed by atoms with Gasteiger partial charge in [0, 0.05) is 43.6 Å². The van der Waals surface area contributed by atoms with E-state index in [-0.39, 0.29) is 6.10 Å². The van der Waals surface area contributed by atoms with E-state index in [2.05, 4.69) is 27.9 Å². The first-order valence-corrected chi connectivity index (χ1v) is 10.3. The molecule has 1 aliphatic heterocycles. The molecule has 1 aromatic carbocycles. The molecule has 25 heavy (non-hydrogen) atoms.